The van der Waals surface area contributed by atoms with Gasteiger partial charge in [-0.25, -0.2) is 0 Å². The summed E-state index contributed by atoms with van der Waals surface area (Å²) in [5.41, 5.74) is 1.45. The van der Waals surface area contributed by atoms with Gasteiger partial charge in [0.2, 0.25) is 0 Å². The maximum atomic E-state index is 4.46. The van der Waals surface area contributed by atoms with Crippen LogP contribution in [-0.2, 0) is 12.5 Å². The van der Waals surface area contributed by atoms with Gasteiger partial charge in [-0.3, -0.25) is 4.68 Å². The summed E-state index contributed by atoms with van der Waals surface area (Å²) in [6, 6.07) is 2.84. The highest BCUT2D eigenvalue weighted by atomic mass is 15.3. The Morgan fingerprint density at radius 1 is 1.43 bits per heavy atom. The van der Waals surface area contributed by atoms with Gasteiger partial charge in [0.05, 0.1) is 0 Å². The van der Waals surface area contributed by atoms with Gasteiger partial charge in [0.15, 0.2) is 0 Å². The molecule has 3 heteroatoms. The van der Waals surface area contributed by atoms with E-state index in [0.717, 1.165) is 5.82 Å². The van der Waals surface area contributed by atoms with Crippen molar-refractivity contribution in [3.8, 4) is 0 Å². The summed E-state index contributed by atoms with van der Waals surface area (Å²) in [6.07, 6.45) is 2.59. The van der Waals surface area contributed by atoms with Crippen LogP contribution in [-0.4, -0.2) is 15.8 Å². The van der Waals surface area contributed by atoms with Gasteiger partial charge < -0.3 is 5.32 Å². The highest BCUT2D eigenvalue weighted by Gasteiger charge is 2.24. The molecule has 1 heterocycles. The van der Waals surface area contributed by atoms with Gasteiger partial charge in [-0.05, 0) is 12.8 Å². The zero-order chi connectivity index (χ0) is 10.3. The number of hydrogen-bond donors (Lipinski definition) is 1. The molecule has 1 aliphatic rings. The molecule has 1 fully saturated rings. The van der Waals surface area contributed by atoms with Crippen LogP contribution in [0.2, 0.25) is 0 Å². The van der Waals surface area contributed by atoms with Crippen molar-refractivity contribution in [3.63, 3.8) is 0 Å². The molecule has 1 N–H and O–H groups in total. The molecular formula is C11H19N3. The molecule has 0 atom stereocenters. The van der Waals surface area contributed by atoms with Crippen molar-refractivity contribution in [2.75, 3.05) is 5.32 Å². The van der Waals surface area contributed by atoms with E-state index in [1.165, 1.54) is 18.5 Å². The molecule has 14 heavy (non-hydrogen) atoms. The average molecular weight is 193 g/mol. The van der Waals surface area contributed by atoms with E-state index in [1.54, 1.807) is 0 Å². The van der Waals surface area contributed by atoms with E-state index in [2.05, 4.69) is 37.3 Å². The van der Waals surface area contributed by atoms with Crippen molar-refractivity contribution >= 4 is 5.82 Å². The quantitative estimate of drug-likeness (QED) is 0.781. The number of hydrogen-bond acceptors (Lipinski definition) is 2. The van der Waals surface area contributed by atoms with Crippen LogP contribution in [0.5, 0.6) is 0 Å². The summed E-state index contributed by atoms with van der Waals surface area (Å²) >= 11 is 0. The second-order valence-electron chi connectivity index (χ2n) is 5.21. The third-order valence-electron chi connectivity index (χ3n) is 2.58. The van der Waals surface area contributed by atoms with Gasteiger partial charge in [-0.1, -0.05) is 20.8 Å². The van der Waals surface area contributed by atoms with Crippen molar-refractivity contribution in [2.24, 2.45) is 7.05 Å². The van der Waals surface area contributed by atoms with Crippen molar-refractivity contribution in [3.05, 3.63) is 11.8 Å². The van der Waals surface area contributed by atoms with E-state index < -0.39 is 0 Å². The Hall–Kier alpha value is -0.990. The van der Waals surface area contributed by atoms with Crippen LogP contribution in [0.1, 0.15) is 39.3 Å². The Labute approximate surface area is 85.5 Å². The number of nitrogens with one attached hydrogen (secondary N) is 1. The SMILES string of the molecule is Cn1nc(NC2CC2)cc1C(C)(C)C. The van der Waals surface area contributed by atoms with Crippen LogP contribution in [0.3, 0.4) is 0 Å². The third kappa shape index (κ3) is 1.91. The minimum Gasteiger partial charge on any atom is -0.366 e. The second-order valence-corrected chi connectivity index (χ2v) is 5.21. The molecule has 1 aliphatic carbocycles. The normalized spacial score (nSPS) is 17.1. The number of nitrogens with zero attached hydrogens (tertiary/aromatic N) is 2. The van der Waals surface area contributed by atoms with Gasteiger partial charge in [0.1, 0.15) is 5.82 Å². The van der Waals surface area contributed by atoms with Crippen LogP contribution in [0, 0.1) is 0 Å². The Morgan fingerprint density at radius 3 is 2.50 bits per heavy atom. The van der Waals surface area contributed by atoms with Crippen molar-refractivity contribution in [1.29, 1.82) is 0 Å². The number of rotatable bonds is 2. The lowest BCUT2D eigenvalue weighted by Gasteiger charge is -2.17. The lowest BCUT2D eigenvalue weighted by atomic mass is 9.92. The van der Waals surface area contributed by atoms with E-state index in [9.17, 15) is 0 Å². The molecular weight excluding hydrogens is 174 g/mol. The predicted molar refractivity (Wildman–Crippen MR) is 58.6 cm³/mol. The molecule has 0 unspecified atom stereocenters. The van der Waals surface area contributed by atoms with Crippen molar-refractivity contribution in [2.45, 2.75) is 45.1 Å². The fourth-order valence-corrected chi connectivity index (χ4v) is 1.68. The van der Waals surface area contributed by atoms with Gasteiger partial charge in [0.25, 0.3) is 0 Å². The molecule has 0 bridgehead atoms. The zero-order valence-corrected chi connectivity index (χ0v) is 9.46. The molecule has 0 saturated heterocycles. The molecule has 0 aromatic carbocycles. The van der Waals surface area contributed by atoms with Crippen LogP contribution >= 0.6 is 0 Å². The van der Waals surface area contributed by atoms with Gasteiger partial charge >= 0.3 is 0 Å². The van der Waals surface area contributed by atoms with E-state index in [4.69, 9.17) is 0 Å². The summed E-state index contributed by atoms with van der Waals surface area (Å²) in [7, 11) is 2.01. The first-order valence-electron chi connectivity index (χ1n) is 5.28. The minimum atomic E-state index is 0.172. The predicted octanol–water partition coefficient (Wildman–Crippen LogP) is 2.29. The highest BCUT2D eigenvalue weighted by molar-refractivity contribution is 5.40. The maximum absolute atomic E-state index is 4.46. The Morgan fingerprint density at radius 2 is 2.07 bits per heavy atom. The second kappa shape index (κ2) is 3.01. The average Bonchev–Trinajstić information content (AvgIpc) is 2.73. The third-order valence-corrected chi connectivity index (χ3v) is 2.58. The molecule has 1 aromatic heterocycles. The van der Waals surface area contributed by atoms with Gasteiger partial charge in [-0.2, -0.15) is 5.10 Å². The molecule has 0 radical (unpaired) electrons. The van der Waals surface area contributed by atoms with Crippen LogP contribution < -0.4 is 5.32 Å². The summed E-state index contributed by atoms with van der Waals surface area (Å²) in [5.74, 6) is 1.03. The minimum absolute atomic E-state index is 0.172. The number of anilines is 1. The van der Waals surface area contributed by atoms with Crippen molar-refractivity contribution < 1.29 is 0 Å². The molecule has 2 rings (SSSR count). The van der Waals surface area contributed by atoms with Crippen LogP contribution in [0.15, 0.2) is 6.07 Å². The van der Waals surface area contributed by atoms with Crippen molar-refractivity contribution in [1.82, 2.24) is 9.78 Å². The number of aromatic nitrogens is 2. The maximum Gasteiger partial charge on any atom is 0.148 e. The van der Waals surface area contributed by atoms with E-state index in [-0.39, 0.29) is 5.41 Å². The van der Waals surface area contributed by atoms with E-state index >= 15 is 0 Å². The summed E-state index contributed by atoms with van der Waals surface area (Å²) < 4.78 is 1.98. The number of aryl methyl sites for hydroxylation is 1. The standard InChI is InChI=1S/C11H19N3/c1-11(2,3)9-7-10(13-14(9)4)12-8-5-6-8/h7-8H,5-6H2,1-4H3,(H,12,13). The molecule has 0 aliphatic heterocycles. The molecule has 3 nitrogen and oxygen atoms in total. The van der Waals surface area contributed by atoms with Gasteiger partial charge in [0, 0.05) is 30.3 Å². The highest BCUT2D eigenvalue weighted by Crippen LogP contribution is 2.27. The fraction of sp³-hybridized carbons (Fsp3) is 0.727. The molecule has 78 valence electrons. The molecule has 0 spiro atoms. The first-order chi connectivity index (χ1) is 6.47. The van der Waals surface area contributed by atoms with Gasteiger partial charge in [-0.15, -0.1) is 0 Å². The summed E-state index contributed by atoms with van der Waals surface area (Å²) in [6.45, 7) is 6.64. The van der Waals surface area contributed by atoms with E-state index in [0.29, 0.717) is 6.04 Å². The molecule has 0 amide bonds. The zero-order valence-electron chi connectivity index (χ0n) is 9.46. The van der Waals surface area contributed by atoms with Crippen LogP contribution in [0.4, 0.5) is 5.82 Å². The molecule has 1 saturated carbocycles. The lowest BCUT2D eigenvalue weighted by molar-refractivity contribution is 0.523. The monoisotopic (exact) mass is 193 g/mol. The first kappa shape index (κ1) is 9.56. The summed E-state index contributed by atoms with van der Waals surface area (Å²) in [5, 5.41) is 7.88. The molecule has 1 aromatic rings. The summed E-state index contributed by atoms with van der Waals surface area (Å²) in [4.78, 5) is 0. The Bertz CT molecular complexity index is 329. The van der Waals surface area contributed by atoms with Crippen LogP contribution in [0.25, 0.3) is 0 Å². The first-order valence-corrected chi connectivity index (χ1v) is 5.28. The van der Waals surface area contributed by atoms with E-state index in [1.807, 2.05) is 11.7 Å². The smallest absolute Gasteiger partial charge is 0.148 e. The fourth-order valence-electron chi connectivity index (χ4n) is 1.68. The topological polar surface area (TPSA) is 29.9 Å². The largest absolute Gasteiger partial charge is 0.366 e. The lowest BCUT2D eigenvalue weighted by Crippen LogP contribution is -2.16. The Balaban J connectivity index is 2.19. The Kier molecular flexibility index (Phi) is 2.05.